The molecule has 0 atom stereocenters. The molecule has 0 bridgehead atoms. The molecule has 0 aliphatic carbocycles. The van der Waals surface area contributed by atoms with E-state index in [1.165, 1.54) is 6.20 Å². The lowest BCUT2D eigenvalue weighted by molar-refractivity contribution is 0.102. The van der Waals surface area contributed by atoms with Crippen LogP contribution in [0.5, 0.6) is 0 Å². The van der Waals surface area contributed by atoms with Crippen molar-refractivity contribution in [3.63, 3.8) is 0 Å². The van der Waals surface area contributed by atoms with Gasteiger partial charge in [0.2, 0.25) is 5.95 Å². The van der Waals surface area contributed by atoms with Crippen molar-refractivity contribution in [2.75, 3.05) is 11.9 Å². The summed E-state index contributed by atoms with van der Waals surface area (Å²) in [7, 11) is 0. The number of anilines is 1. The van der Waals surface area contributed by atoms with Crippen LogP contribution in [0.15, 0.2) is 30.9 Å². The first-order valence-electron chi connectivity index (χ1n) is 5.24. The fourth-order valence-corrected chi connectivity index (χ4v) is 1.30. The van der Waals surface area contributed by atoms with Crippen molar-refractivity contribution in [1.82, 2.24) is 15.0 Å². The van der Waals surface area contributed by atoms with E-state index < -0.39 is 0 Å². The molecule has 4 N–H and O–H groups in total. The van der Waals surface area contributed by atoms with Crippen LogP contribution in [0.1, 0.15) is 15.9 Å². The first-order chi connectivity index (χ1) is 8.79. The lowest BCUT2D eigenvalue weighted by atomic mass is 10.2. The van der Waals surface area contributed by atoms with Gasteiger partial charge in [-0.15, -0.1) is 0 Å². The van der Waals surface area contributed by atoms with Crippen LogP contribution in [-0.4, -0.2) is 27.4 Å². The van der Waals surface area contributed by atoms with Crippen LogP contribution in [0.3, 0.4) is 0 Å². The zero-order valence-corrected chi connectivity index (χ0v) is 9.47. The molecule has 2 heterocycles. The van der Waals surface area contributed by atoms with Gasteiger partial charge in [-0.05, 0) is 6.07 Å². The van der Waals surface area contributed by atoms with Gasteiger partial charge in [-0.2, -0.15) is 0 Å². The second kappa shape index (κ2) is 5.61. The molecule has 0 radical (unpaired) electrons. The van der Waals surface area contributed by atoms with Gasteiger partial charge in [0.15, 0.2) is 0 Å². The second-order valence-electron chi connectivity index (χ2n) is 3.36. The van der Waals surface area contributed by atoms with Crippen LogP contribution in [0.2, 0.25) is 0 Å². The van der Waals surface area contributed by atoms with Crippen molar-refractivity contribution in [2.24, 2.45) is 5.73 Å². The van der Waals surface area contributed by atoms with Gasteiger partial charge in [0.05, 0.1) is 12.1 Å². The zero-order chi connectivity index (χ0) is 12.8. The Hall–Kier alpha value is -2.65. The summed E-state index contributed by atoms with van der Waals surface area (Å²) < 4.78 is 0. The number of carbonyl (C=O) groups excluding carboxylic acids is 1. The molecule has 6 heteroatoms. The number of nitrogens with one attached hydrogen (secondary N) is 2. The standard InChI is InChI=1S/C12H11N5O/c13-3-1-2-9-6-10(8-14-7-9)11(18)17-12-15-4-5-16-12/h4-8H,3,13H2,(H2,15,16,17,18). The average molecular weight is 241 g/mol. The van der Waals surface area contributed by atoms with Crippen molar-refractivity contribution in [1.29, 1.82) is 0 Å². The average Bonchev–Trinajstić information content (AvgIpc) is 2.89. The Kier molecular flexibility index (Phi) is 3.69. The molecule has 0 spiro atoms. The number of hydrogen-bond acceptors (Lipinski definition) is 4. The summed E-state index contributed by atoms with van der Waals surface area (Å²) in [6.07, 6.45) is 6.21. The Labute approximate surface area is 104 Å². The number of amides is 1. The van der Waals surface area contributed by atoms with Crippen LogP contribution >= 0.6 is 0 Å². The van der Waals surface area contributed by atoms with E-state index in [9.17, 15) is 4.79 Å². The highest BCUT2D eigenvalue weighted by atomic mass is 16.1. The SMILES string of the molecule is NCC#Cc1cncc(C(=O)Nc2ncc[nH]2)c1. The molecule has 0 saturated carbocycles. The van der Waals surface area contributed by atoms with Gasteiger partial charge in [0, 0.05) is 30.4 Å². The first kappa shape index (κ1) is 11.8. The third kappa shape index (κ3) is 2.93. The largest absolute Gasteiger partial charge is 0.331 e. The van der Waals surface area contributed by atoms with E-state index in [4.69, 9.17) is 5.73 Å². The van der Waals surface area contributed by atoms with Gasteiger partial charge in [0.1, 0.15) is 0 Å². The fourth-order valence-electron chi connectivity index (χ4n) is 1.30. The predicted molar refractivity (Wildman–Crippen MR) is 66.7 cm³/mol. The van der Waals surface area contributed by atoms with E-state index >= 15 is 0 Å². The van der Waals surface area contributed by atoms with Crippen LogP contribution in [-0.2, 0) is 0 Å². The molecule has 90 valence electrons. The maximum atomic E-state index is 11.9. The van der Waals surface area contributed by atoms with Gasteiger partial charge in [-0.1, -0.05) is 11.8 Å². The van der Waals surface area contributed by atoms with Crippen LogP contribution in [0.25, 0.3) is 0 Å². The normalized spacial score (nSPS) is 9.39. The molecule has 0 aromatic carbocycles. The number of nitrogens with two attached hydrogens (primary N) is 1. The number of H-pyrrole nitrogens is 1. The van der Waals surface area contributed by atoms with Gasteiger partial charge in [-0.25, -0.2) is 4.98 Å². The second-order valence-corrected chi connectivity index (χ2v) is 3.36. The molecular formula is C12H11N5O. The van der Waals surface area contributed by atoms with Gasteiger partial charge in [-0.3, -0.25) is 15.1 Å². The minimum absolute atomic E-state index is 0.267. The van der Waals surface area contributed by atoms with Crippen molar-refractivity contribution in [2.45, 2.75) is 0 Å². The molecule has 0 fully saturated rings. The lowest BCUT2D eigenvalue weighted by Gasteiger charge is -2.01. The van der Waals surface area contributed by atoms with Crippen molar-refractivity contribution in [3.05, 3.63) is 42.0 Å². The van der Waals surface area contributed by atoms with Crippen LogP contribution in [0.4, 0.5) is 5.95 Å². The molecule has 0 saturated heterocycles. The summed E-state index contributed by atoms with van der Waals surface area (Å²) in [4.78, 5) is 22.5. The van der Waals surface area contributed by atoms with E-state index in [-0.39, 0.29) is 12.5 Å². The molecule has 2 aromatic heterocycles. The van der Waals surface area contributed by atoms with Crippen molar-refractivity contribution in [3.8, 4) is 11.8 Å². The Morgan fingerprint density at radius 2 is 2.39 bits per heavy atom. The Morgan fingerprint density at radius 3 is 3.11 bits per heavy atom. The van der Waals surface area contributed by atoms with E-state index in [1.807, 2.05) is 0 Å². The van der Waals surface area contributed by atoms with Crippen molar-refractivity contribution < 1.29 is 4.79 Å². The summed E-state index contributed by atoms with van der Waals surface area (Å²) in [6.45, 7) is 0.267. The Bertz CT molecular complexity index is 594. The third-order valence-electron chi connectivity index (χ3n) is 2.07. The number of imidazole rings is 1. The molecule has 0 aliphatic rings. The molecular weight excluding hydrogens is 230 g/mol. The van der Waals surface area contributed by atoms with E-state index in [1.54, 1.807) is 24.7 Å². The van der Waals surface area contributed by atoms with Crippen molar-refractivity contribution >= 4 is 11.9 Å². The lowest BCUT2D eigenvalue weighted by Crippen LogP contribution is -2.13. The maximum Gasteiger partial charge on any atom is 0.259 e. The summed E-state index contributed by atoms with van der Waals surface area (Å²) in [5, 5.41) is 2.60. The van der Waals surface area contributed by atoms with E-state index in [0.717, 1.165) is 0 Å². The molecule has 6 nitrogen and oxygen atoms in total. The minimum atomic E-state index is -0.297. The summed E-state index contributed by atoms with van der Waals surface area (Å²) >= 11 is 0. The number of hydrogen-bond donors (Lipinski definition) is 3. The van der Waals surface area contributed by atoms with Crippen LogP contribution in [0, 0.1) is 11.8 Å². The highest BCUT2D eigenvalue weighted by Gasteiger charge is 2.07. The zero-order valence-electron chi connectivity index (χ0n) is 9.47. The quantitative estimate of drug-likeness (QED) is 0.662. The number of rotatable bonds is 2. The highest BCUT2D eigenvalue weighted by Crippen LogP contribution is 2.04. The molecule has 0 aliphatic heterocycles. The van der Waals surface area contributed by atoms with Gasteiger partial charge in [0.25, 0.3) is 5.91 Å². The fraction of sp³-hybridized carbons (Fsp3) is 0.0833. The van der Waals surface area contributed by atoms with E-state index in [2.05, 4.69) is 32.1 Å². The number of aromatic amines is 1. The highest BCUT2D eigenvalue weighted by molar-refractivity contribution is 6.03. The Balaban J connectivity index is 2.15. The molecule has 1 amide bonds. The topological polar surface area (TPSA) is 96.7 Å². The predicted octanol–water partition coefficient (Wildman–Crippen LogP) is 0.367. The molecule has 2 aromatic rings. The van der Waals surface area contributed by atoms with Crippen LogP contribution < -0.4 is 11.1 Å². The van der Waals surface area contributed by atoms with E-state index in [0.29, 0.717) is 17.1 Å². The molecule has 18 heavy (non-hydrogen) atoms. The maximum absolute atomic E-state index is 11.9. The number of aromatic nitrogens is 3. The van der Waals surface area contributed by atoms with Gasteiger partial charge >= 0.3 is 0 Å². The number of pyridine rings is 1. The Morgan fingerprint density at radius 1 is 1.50 bits per heavy atom. The minimum Gasteiger partial charge on any atom is -0.331 e. The monoisotopic (exact) mass is 241 g/mol. The first-order valence-corrected chi connectivity index (χ1v) is 5.24. The summed E-state index contributed by atoms with van der Waals surface area (Å²) in [5.74, 6) is 5.61. The molecule has 0 unspecified atom stereocenters. The molecule has 2 rings (SSSR count). The third-order valence-corrected chi connectivity index (χ3v) is 2.07. The number of nitrogens with zero attached hydrogens (tertiary/aromatic N) is 2. The number of carbonyl (C=O) groups is 1. The summed E-state index contributed by atoms with van der Waals surface area (Å²) in [5.41, 5.74) is 6.34. The van der Waals surface area contributed by atoms with Gasteiger partial charge < -0.3 is 10.7 Å². The summed E-state index contributed by atoms with van der Waals surface area (Å²) in [6, 6.07) is 1.65. The smallest absolute Gasteiger partial charge is 0.259 e.